The monoisotopic (exact) mass is 492 g/mol. The van der Waals surface area contributed by atoms with Gasteiger partial charge in [0.15, 0.2) is 0 Å². The van der Waals surface area contributed by atoms with E-state index in [-0.39, 0.29) is 35.5 Å². The Labute approximate surface area is 199 Å². The predicted molar refractivity (Wildman–Crippen MR) is 129 cm³/mol. The zero-order valence-corrected chi connectivity index (χ0v) is 20.1. The molecule has 8 nitrogen and oxygen atoms in total. The maximum absolute atomic E-state index is 12.7. The lowest BCUT2D eigenvalue weighted by Crippen LogP contribution is -2.54. The summed E-state index contributed by atoms with van der Waals surface area (Å²) in [6, 6.07) is 10.6. The van der Waals surface area contributed by atoms with E-state index < -0.39 is 9.84 Å². The van der Waals surface area contributed by atoms with Crippen LogP contribution in [0.4, 0.5) is 10.5 Å². The number of benzene rings is 1. The molecule has 178 valence electrons. The van der Waals surface area contributed by atoms with Crippen molar-refractivity contribution in [1.29, 1.82) is 0 Å². The van der Waals surface area contributed by atoms with Crippen LogP contribution in [0.2, 0.25) is 5.02 Å². The fraction of sp³-hybridized carbons (Fsp3) is 0.478. The highest BCUT2D eigenvalue weighted by molar-refractivity contribution is 7.91. The van der Waals surface area contributed by atoms with Crippen LogP contribution in [0.25, 0.3) is 0 Å². The van der Waals surface area contributed by atoms with E-state index in [0.29, 0.717) is 35.8 Å². The number of anilines is 1. The number of ether oxygens (including phenoxy) is 1. The van der Waals surface area contributed by atoms with Gasteiger partial charge in [-0.3, -0.25) is 9.88 Å². The van der Waals surface area contributed by atoms with Gasteiger partial charge in [-0.25, -0.2) is 13.2 Å². The fourth-order valence-corrected chi connectivity index (χ4v) is 6.22. The molecule has 0 unspecified atom stereocenters. The van der Waals surface area contributed by atoms with Gasteiger partial charge in [-0.05, 0) is 55.7 Å². The molecule has 0 aliphatic carbocycles. The number of nitrogens with zero attached hydrogens (tertiary/aromatic N) is 2. The summed E-state index contributed by atoms with van der Waals surface area (Å²) in [5.41, 5.74) is 1.54. The highest BCUT2D eigenvalue weighted by Gasteiger charge is 2.37. The van der Waals surface area contributed by atoms with Gasteiger partial charge in [0.05, 0.1) is 24.8 Å². The SMILES string of the molecule is COc1ccc([C@@H]2CN(C3CCS(=O)(=O)CC3)CC[C@H]2NC(=O)Nc2ccc(Cl)cc2)nc1. The van der Waals surface area contributed by atoms with Crippen LogP contribution in [-0.2, 0) is 9.84 Å². The van der Waals surface area contributed by atoms with Crippen molar-refractivity contribution in [2.75, 3.05) is 37.0 Å². The van der Waals surface area contributed by atoms with Crippen LogP contribution in [0.15, 0.2) is 42.6 Å². The molecule has 2 fully saturated rings. The van der Waals surface area contributed by atoms with Crippen molar-refractivity contribution in [3.05, 3.63) is 53.3 Å². The van der Waals surface area contributed by atoms with Gasteiger partial charge in [0.1, 0.15) is 15.6 Å². The third kappa shape index (κ3) is 6.16. The predicted octanol–water partition coefficient (Wildman–Crippen LogP) is 3.30. The summed E-state index contributed by atoms with van der Waals surface area (Å²) in [5, 5.41) is 6.59. The zero-order valence-electron chi connectivity index (χ0n) is 18.5. The molecule has 0 radical (unpaired) electrons. The first-order valence-corrected chi connectivity index (χ1v) is 13.3. The number of rotatable bonds is 5. The molecule has 2 aromatic rings. The highest BCUT2D eigenvalue weighted by atomic mass is 35.5. The molecule has 0 saturated carbocycles. The molecular formula is C23H29ClN4O4S. The molecule has 1 aromatic carbocycles. The summed E-state index contributed by atoms with van der Waals surface area (Å²) >= 11 is 5.92. The third-order valence-corrected chi connectivity index (χ3v) is 8.45. The van der Waals surface area contributed by atoms with Gasteiger partial charge in [-0.1, -0.05) is 11.6 Å². The average molecular weight is 493 g/mol. The third-order valence-electron chi connectivity index (χ3n) is 6.48. The topological polar surface area (TPSA) is 101 Å². The first kappa shape index (κ1) is 23.8. The summed E-state index contributed by atoms with van der Waals surface area (Å²) in [6.07, 6.45) is 3.74. The fourth-order valence-electron chi connectivity index (χ4n) is 4.62. The van der Waals surface area contributed by atoms with Gasteiger partial charge in [0, 0.05) is 47.5 Å². The van der Waals surface area contributed by atoms with E-state index in [4.69, 9.17) is 16.3 Å². The molecule has 2 amide bonds. The van der Waals surface area contributed by atoms with E-state index in [1.165, 1.54) is 0 Å². The first-order chi connectivity index (χ1) is 15.8. The number of sulfone groups is 1. The van der Waals surface area contributed by atoms with Crippen molar-refractivity contribution in [2.45, 2.75) is 37.3 Å². The van der Waals surface area contributed by atoms with E-state index in [9.17, 15) is 13.2 Å². The number of amides is 2. The normalized spacial score (nSPS) is 23.6. The Kier molecular flexibility index (Phi) is 7.41. The van der Waals surface area contributed by atoms with Gasteiger partial charge in [-0.15, -0.1) is 0 Å². The van der Waals surface area contributed by atoms with Gasteiger partial charge in [0.25, 0.3) is 0 Å². The highest BCUT2D eigenvalue weighted by Crippen LogP contribution is 2.31. The quantitative estimate of drug-likeness (QED) is 0.664. The zero-order chi connectivity index (χ0) is 23.4. The van der Waals surface area contributed by atoms with Crippen LogP contribution < -0.4 is 15.4 Å². The van der Waals surface area contributed by atoms with Crippen molar-refractivity contribution < 1.29 is 17.9 Å². The van der Waals surface area contributed by atoms with Crippen LogP contribution >= 0.6 is 11.6 Å². The largest absolute Gasteiger partial charge is 0.495 e. The Bertz CT molecular complexity index is 1050. The number of piperidine rings is 1. The van der Waals surface area contributed by atoms with Gasteiger partial charge >= 0.3 is 6.03 Å². The number of nitrogens with one attached hydrogen (secondary N) is 2. The number of urea groups is 1. The number of methoxy groups -OCH3 is 1. The number of hydrogen-bond donors (Lipinski definition) is 2. The minimum Gasteiger partial charge on any atom is -0.495 e. The number of pyridine rings is 1. The molecule has 2 aliphatic rings. The number of carbonyl (C=O) groups is 1. The Morgan fingerprint density at radius 1 is 1.12 bits per heavy atom. The Hall–Kier alpha value is -2.36. The van der Waals surface area contributed by atoms with Crippen molar-refractivity contribution >= 4 is 33.2 Å². The molecule has 33 heavy (non-hydrogen) atoms. The lowest BCUT2D eigenvalue weighted by molar-refractivity contribution is 0.119. The van der Waals surface area contributed by atoms with Crippen LogP contribution in [-0.4, -0.2) is 68.1 Å². The maximum Gasteiger partial charge on any atom is 0.319 e. The van der Waals surface area contributed by atoms with Crippen LogP contribution in [0.1, 0.15) is 30.9 Å². The van der Waals surface area contributed by atoms with Crippen molar-refractivity contribution in [3.63, 3.8) is 0 Å². The summed E-state index contributed by atoms with van der Waals surface area (Å²) in [7, 11) is -1.31. The van der Waals surface area contributed by atoms with Gasteiger partial charge in [-0.2, -0.15) is 0 Å². The van der Waals surface area contributed by atoms with Crippen LogP contribution in [0.3, 0.4) is 0 Å². The second kappa shape index (κ2) is 10.3. The molecule has 2 atom stereocenters. The molecule has 0 bridgehead atoms. The molecular weight excluding hydrogens is 464 g/mol. The molecule has 10 heteroatoms. The summed E-state index contributed by atoms with van der Waals surface area (Å²) in [4.78, 5) is 19.7. The average Bonchev–Trinajstić information content (AvgIpc) is 2.81. The lowest BCUT2D eigenvalue weighted by atomic mass is 9.87. The van der Waals surface area contributed by atoms with Crippen molar-refractivity contribution in [2.24, 2.45) is 0 Å². The molecule has 0 spiro atoms. The molecule has 2 aliphatic heterocycles. The van der Waals surface area contributed by atoms with E-state index in [1.54, 1.807) is 37.6 Å². The second-order valence-corrected chi connectivity index (χ2v) is 11.3. The van der Waals surface area contributed by atoms with Crippen molar-refractivity contribution in [1.82, 2.24) is 15.2 Å². The Morgan fingerprint density at radius 2 is 1.85 bits per heavy atom. The number of carbonyl (C=O) groups excluding carboxylic acids is 1. The Morgan fingerprint density at radius 3 is 2.48 bits per heavy atom. The van der Waals surface area contributed by atoms with Gasteiger partial charge < -0.3 is 15.4 Å². The standard InChI is InChI=1S/C23H29ClN4O4S/c1-32-19-6-7-21(25-14-19)20-15-28(18-9-12-33(30,31)13-10-18)11-8-22(20)27-23(29)26-17-4-2-16(24)3-5-17/h2-7,14,18,20,22H,8-13,15H2,1H3,(H2,26,27,29)/t20-,22+/m0/s1. The summed E-state index contributed by atoms with van der Waals surface area (Å²) < 4.78 is 29.0. The van der Waals surface area contributed by atoms with E-state index in [0.717, 1.165) is 18.7 Å². The van der Waals surface area contributed by atoms with Crippen molar-refractivity contribution in [3.8, 4) is 5.75 Å². The molecule has 3 heterocycles. The molecule has 4 rings (SSSR count). The van der Waals surface area contributed by atoms with E-state index in [2.05, 4.69) is 20.5 Å². The molecule has 2 saturated heterocycles. The van der Waals surface area contributed by atoms with Crippen LogP contribution in [0.5, 0.6) is 5.75 Å². The minimum absolute atomic E-state index is 0.0286. The number of hydrogen-bond acceptors (Lipinski definition) is 6. The van der Waals surface area contributed by atoms with E-state index >= 15 is 0 Å². The van der Waals surface area contributed by atoms with Crippen LogP contribution in [0, 0.1) is 0 Å². The first-order valence-electron chi connectivity index (χ1n) is 11.1. The Balaban J connectivity index is 1.47. The van der Waals surface area contributed by atoms with E-state index in [1.807, 2.05) is 12.1 Å². The lowest BCUT2D eigenvalue weighted by Gasteiger charge is -2.43. The maximum atomic E-state index is 12.7. The summed E-state index contributed by atoms with van der Waals surface area (Å²) in [5.74, 6) is 1.13. The van der Waals surface area contributed by atoms with Gasteiger partial charge in [0.2, 0.25) is 0 Å². The smallest absolute Gasteiger partial charge is 0.319 e. The number of likely N-dealkylation sites (tertiary alicyclic amines) is 1. The number of aromatic nitrogens is 1. The molecule has 1 aromatic heterocycles. The summed E-state index contributed by atoms with van der Waals surface area (Å²) in [6.45, 7) is 1.50. The number of halogens is 1. The second-order valence-electron chi connectivity index (χ2n) is 8.61. The molecule has 2 N–H and O–H groups in total. The minimum atomic E-state index is -2.91.